The first kappa shape index (κ1) is 29.3. The van der Waals surface area contributed by atoms with Crippen molar-refractivity contribution in [2.75, 3.05) is 6.54 Å². The van der Waals surface area contributed by atoms with E-state index >= 15 is 0 Å². The van der Waals surface area contributed by atoms with Crippen molar-refractivity contribution < 1.29 is 28.7 Å². The van der Waals surface area contributed by atoms with Crippen LogP contribution in [-0.2, 0) is 30.5 Å². The number of carbonyl (C=O) groups excluding carboxylic acids is 4. The predicted octanol–water partition coefficient (Wildman–Crippen LogP) is 5.57. The number of rotatable bonds is 14. The number of hydrogen-bond acceptors (Lipinski definition) is 6. The van der Waals surface area contributed by atoms with Crippen molar-refractivity contribution in [3.05, 3.63) is 35.9 Å². The third-order valence-corrected chi connectivity index (χ3v) is 4.46. The number of carbonyl (C=O) groups is 2. The van der Waals surface area contributed by atoms with Gasteiger partial charge in [0.25, 0.3) is 0 Å². The Morgan fingerprint density at radius 2 is 1.34 bits per heavy atom. The number of alkyl carbamates (subject to hydrolysis) is 1. The molecule has 0 aliphatic rings. The first-order chi connectivity index (χ1) is 15.3. The molecule has 7 heteroatoms. The van der Waals surface area contributed by atoms with Crippen LogP contribution in [0.5, 0.6) is 0 Å². The van der Waals surface area contributed by atoms with E-state index in [9.17, 15) is 9.59 Å². The summed E-state index contributed by atoms with van der Waals surface area (Å²) in [5.74, 6) is -0.0879. The van der Waals surface area contributed by atoms with E-state index in [0.717, 1.165) is 31.2 Å². The van der Waals surface area contributed by atoms with Crippen LogP contribution in [-0.4, -0.2) is 30.4 Å². The minimum atomic E-state index is -0.380. The molecule has 1 aromatic rings. The number of nitrogens with one attached hydrogen (secondary N) is 1. The van der Waals surface area contributed by atoms with E-state index in [1.54, 1.807) is 0 Å². The molecule has 0 aromatic heterocycles. The number of amides is 1. The smallest absolute Gasteiger partial charge is 0.407 e. The van der Waals surface area contributed by atoms with Gasteiger partial charge < -0.3 is 14.8 Å². The van der Waals surface area contributed by atoms with Crippen molar-refractivity contribution in [2.45, 2.75) is 97.2 Å². The lowest BCUT2D eigenvalue weighted by Crippen LogP contribution is -2.25. The van der Waals surface area contributed by atoms with E-state index in [2.05, 4.69) is 5.32 Å². The van der Waals surface area contributed by atoms with Gasteiger partial charge in [-0.2, -0.15) is 9.59 Å². The first-order valence-corrected chi connectivity index (χ1v) is 11.4. The molecule has 0 aliphatic carbocycles. The molecule has 0 spiro atoms. The van der Waals surface area contributed by atoms with Crippen LogP contribution >= 0.6 is 0 Å². The van der Waals surface area contributed by atoms with Crippen LogP contribution in [0.4, 0.5) is 4.79 Å². The van der Waals surface area contributed by atoms with Gasteiger partial charge in [-0.1, -0.05) is 75.3 Å². The molecule has 32 heavy (non-hydrogen) atoms. The van der Waals surface area contributed by atoms with Gasteiger partial charge in [-0.3, -0.25) is 4.79 Å². The van der Waals surface area contributed by atoms with E-state index in [-0.39, 0.29) is 23.8 Å². The maximum Gasteiger partial charge on any atom is 0.407 e. The quantitative estimate of drug-likeness (QED) is 0.294. The third kappa shape index (κ3) is 20.6. The largest absolute Gasteiger partial charge is 0.460 e. The molecule has 0 atom stereocenters. The maximum atomic E-state index is 11.6. The molecule has 0 bridgehead atoms. The summed E-state index contributed by atoms with van der Waals surface area (Å²) in [6, 6.07) is 9.68. The molecule has 1 aromatic carbocycles. The first-order valence-electron chi connectivity index (χ1n) is 11.4. The van der Waals surface area contributed by atoms with Gasteiger partial charge in [0.1, 0.15) is 12.2 Å². The number of benzene rings is 1. The lowest BCUT2D eigenvalue weighted by molar-refractivity contribution is -0.191. The molecule has 0 heterocycles. The van der Waals surface area contributed by atoms with Crippen molar-refractivity contribution in [2.24, 2.45) is 0 Å². The number of hydrogen-bond donors (Lipinski definition) is 1. The molecule has 0 radical (unpaired) electrons. The molecular weight excluding hydrogens is 410 g/mol. The van der Waals surface area contributed by atoms with Crippen molar-refractivity contribution in [3.63, 3.8) is 0 Å². The summed E-state index contributed by atoms with van der Waals surface area (Å²) < 4.78 is 10.5. The third-order valence-electron chi connectivity index (χ3n) is 4.46. The molecule has 0 fully saturated rings. The van der Waals surface area contributed by atoms with Crippen molar-refractivity contribution in [1.29, 1.82) is 0 Å². The van der Waals surface area contributed by atoms with E-state index in [1.807, 2.05) is 51.1 Å². The minimum Gasteiger partial charge on any atom is -0.460 e. The van der Waals surface area contributed by atoms with Crippen LogP contribution in [0.1, 0.15) is 90.5 Å². The number of unbranched alkanes of at least 4 members (excludes halogenated alkanes) is 8. The van der Waals surface area contributed by atoms with Gasteiger partial charge in [-0.15, -0.1) is 0 Å². The lowest BCUT2D eigenvalue weighted by Gasteiger charge is -2.19. The Balaban J connectivity index is 0.00000302. The van der Waals surface area contributed by atoms with E-state index in [4.69, 9.17) is 19.1 Å². The molecule has 0 saturated heterocycles. The fourth-order valence-electron chi connectivity index (χ4n) is 2.99. The van der Waals surface area contributed by atoms with E-state index in [1.165, 1.54) is 32.1 Å². The van der Waals surface area contributed by atoms with E-state index in [0.29, 0.717) is 19.6 Å². The average molecular weight is 450 g/mol. The second-order valence-corrected chi connectivity index (χ2v) is 8.59. The van der Waals surface area contributed by atoms with Crippen LogP contribution in [0, 0.1) is 0 Å². The van der Waals surface area contributed by atoms with E-state index < -0.39 is 0 Å². The standard InChI is InChI=1S/C24H39NO4.CO2/c1-24(2,3)29-22(26)18-14-9-7-5-4-6-8-10-15-19-25-23(27)28-20-21-16-12-11-13-17-21;2-1-3/h11-13,16-17H,4-10,14-15,18-20H2,1-3H3,(H,25,27);. The fraction of sp³-hybridized carbons (Fsp3) is 0.640. The molecule has 1 N–H and O–H groups in total. The van der Waals surface area contributed by atoms with Crippen LogP contribution in [0.15, 0.2) is 30.3 Å². The summed E-state index contributed by atoms with van der Waals surface area (Å²) >= 11 is 0. The average Bonchev–Trinajstić information content (AvgIpc) is 2.73. The Hall–Kier alpha value is -2.66. The molecule has 0 aliphatic heterocycles. The zero-order valence-electron chi connectivity index (χ0n) is 19.8. The normalized spacial score (nSPS) is 10.3. The van der Waals surface area contributed by atoms with Crippen molar-refractivity contribution >= 4 is 18.2 Å². The highest BCUT2D eigenvalue weighted by molar-refractivity contribution is 5.69. The Bertz CT molecular complexity index is 648. The zero-order chi connectivity index (χ0) is 24.1. The van der Waals surface area contributed by atoms with Gasteiger partial charge in [0.05, 0.1) is 0 Å². The number of esters is 1. The SMILES string of the molecule is CC(C)(C)OC(=O)CCCCCCCCCCCNC(=O)OCc1ccccc1.O=C=O. The summed E-state index contributed by atoms with van der Waals surface area (Å²) in [6.07, 6.45) is 10.6. The Morgan fingerprint density at radius 1 is 0.844 bits per heavy atom. The second kappa shape index (κ2) is 19.1. The highest BCUT2D eigenvalue weighted by atomic mass is 16.6. The topological polar surface area (TPSA) is 98.8 Å². The van der Waals surface area contributed by atoms with Gasteiger partial charge in [-0.05, 0) is 39.2 Å². The summed E-state index contributed by atoms with van der Waals surface area (Å²) in [5.41, 5.74) is 0.613. The molecule has 1 amide bonds. The molecular formula is C25H39NO6. The second-order valence-electron chi connectivity index (χ2n) is 8.59. The Morgan fingerprint density at radius 3 is 1.88 bits per heavy atom. The summed E-state index contributed by atoms with van der Waals surface area (Å²) in [5, 5.41) is 2.80. The van der Waals surface area contributed by atoms with Crippen LogP contribution in [0.2, 0.25) is 0 Å². The van der Waals surface area contributed by atoms with Gasteiger partial charge in [0.15, 0.2) is 0 Å². The van der Waals surface area contributed by atoms with Crippen LogP contribution in [0.25, 0.3) is 0 Å². The summed E-state index contributed by atoms with van der Waals surface area (Å²) in [7, 11) is 0. The monoisotopic (exact) mass is 449 g/mol. The Labute approximate surface area is 192 Å². The zero-order valence-corrected chi connectivity index (χ0v) is 19.8. The molecule has 7 nitrogen and oxygen atoms in total. The van der Waals surface area contributed by atoms with Crippen LogP contribution in [0.3, 0.4) is 0 Å². The maximum absolute atomic E-state index is 11.6. The van der Waals surface area contributed by atoms with Gasteiger partial charge in [0.2, 0.25) is 0 Å². The minimum absolute atomic E-state index is 0.0879. The fourth-order valence-corrected chi connectivity index (χ4v) is 2.99. The van der Waals surface area contributed by atoms with Gasteiger partial charge >= 0.3 is 18.2 Å². The number of ether oxygens (including phenoxy) is 2. The summed E-state index contributed by atoms with van der Waals surface area (Å²) in [4.78, 5) is 39.5. The van der Waals surface area contributed by atoms with Crippen molar-refractivity contribution in [1.82, 2.24) is 5.32 Å². The highest BCUT2D eigenvalue weighted by Crippen LogP contribution is 2.13. The van der Waals surface area contributed by atoms with Crippen LogP contribution < -0.4 is 5.32 Å². The van der Waals surface area contributed by atoms with Gasteiger partial charge in [0, 0.05) is 13.0 Å². The van der Waals surface area contributed by atoms with Gasteiger partial charge in [-0.25, -0.2) is 4.79 Å². The molecule has 0 unspecified atom stereocenters. The van der Waals surface area contributed by atoms with Crippen molar-refractivity contribution in [3.8, 4) is 0 Å². The molecule has 180 valence electrons. The lowest BCUT2D eigenvalue weighted by atomic mass is 10.1. The Kier molecular flexibility index (Phi) is 17.5. The molecule has 1 rings (SSSR count). The summed E-state index contributed by atoms with van der Waals surface area (Å²) in [6.45, 7) is 6.68. The molecule has 0 saturated carbocycles. The predicted molar refractivity (Wildman–Crippen MR) is 122 cm³/mol. The highest BCUT2D eigenvalue weighted by Gasteiger charge is 2.15.